The van der Waals surface area contributed by atoms with Crippen LogP contribution in [-0.4, -0.2) is 59.4 Å². The molecule has 78 valence electrons. The number of rotatable bonds is 1. The zero-order valence-corrected chi connectivity index (χ0v) is 7.09. The number of aromatic nitrogens is 4. The molecule has 4 N–H and O–H groups in total. The van der Waals surface area contributed by atoms with Crippen LogP contribution in [0.3, 0.4) is 0 Å². The number of nitrogens with zero attached hydrogens (tertiary/aromatic N) is 4. The van der Waals surface area contributed by atoms with E-state index in [1.165, 1.54) is 0 Å². The first-order valence-corrected chi connectivity index (χ1v) is 4.09. The molecule has 8 nitrogen and oxygen atoms in total. The first kappa shape index (κ1) is 9.46. The summed E-state index contributed by atoms with van der Waals surface area (Å²) in [5, 5.41) is 47.6. The van der Waals surface area contributed by atoms with E-state index in [2.05, 4.69) is 15.5 Å². The van der Waals surface area contributed by atoms with Crippen LogP contribution >= 0.6 is 0 Å². The van der Waals surface area contributed by atoms with Crippen LogP contribution in [0.5, 0.6) is 0 Å². The molecule has 0 fully saturated rings. The minimum absolute atomic E-state index is 0.0434. The Hall–Kier alpha value is -1.09. The van der Waals surface area contributed by atoms with Gasteiger partial charge in [-0.05, 0) is 10.4 Å². The van der Waals surface area contributed by atoms with Crippen molar-refractivity contribution in [1.29, 1.82) is 0 Å². The lowest BCUT2D eigenvalue weighted by molar-refractivity contribution is -0.112. The molecule has 0 aromatic carbocycles. The minimum atomic E-state index is -1.38. The van der Waals surface area contributed by atoms with E-state index in [9.17, 15) is 15.3 Å². The molecule has 0 spiro atoms. The summed E-state index contributed by atoms with van der Waals surface area (Å²) in [5.41, 5.74) is 0. The third kappa shape index (κ3) is 1.12. The SMILES string of the molecule is OC[C@H]1[C@H](O)[C@@H](O)[C@H](O)c2nnnn21. The van der Waals surface area contributed by atoms with E-state index in [4.69, 9.17) is 5.11 Å². The van der Waals surface area contributed by atoms with Gasteiger partial charge in [-0.2, -0.15) is 0 Å². The second-order valence-electron chi connectivity index (χ2n) is 3.16. The normalized spacial score (nSPS) is 36.9. The van der Waals surface area contributed by atoms with Gasteiger partial charge >= 0.3 is 0 Å². The van der Waals surface area contributed by atoms with Gasteiger partial charge in [0.15, 0.2) is 5.82 Å². The van der Waals surface area contributed by atoms with Crippen LogP contribution in [0.15, 0.2) is 0 Å². The zero-order chi connectivity index (χ0) is 10.3. The van der Waals surface area contributed by atoms with Crippen LogP contribution in [0.2, 0.25) is 0 Å². The third-order valence-corrected chi connectivity index (χ3v) is 2.35. The molecule has 4 atom stereocenters. The van der Waals surface area contributed by atoms with E-state index in [0.717, 1.165) is 4.68 Å². The second-order valence-corrected chi connectivity index (χ2v) is 3.16. The lowest BCUT2D eigenvalue weighted by Crippen LogP contribution is -2.46. The van der Waals surface area contributed by atoms with E-state index < -0.39 is 31.0 Å². The molecule has 0 saturated heterocycles. The van der Waals surface area contributed by atoms with Crippen molar-refractivity contribution in [3.05, 3.63) is 5.82 Å². The van der Waals surface area contributed by atoms with Crippen molar-refractivity contribution in [3.63, 3.8) is 0 Å². The van der Waals surface area contributed by atoms with Gasteiger partial charge in [-0.3, -0.25) is 0 Å². The number of hydrogen-bond donors (Lipinski definition) is 4. The molecule has 1 aliphatic heterocycles. The highest BCUT2D eigenvalue weighted by molar-refractivity contribution is 5.02. The molecule has 1 aromatic heterocycles. The molecule has 0 amide bonds. The van der Waals surface area contributed by atoms with Gasteiger partial charge in [0.05, 0.1) is 6.61 Å². The van der Waals surface area contributed by atoms with Crippen molar-refractivity contribution in [2.24, 2.45) is 0 Å². The molecule has 2 rings (SSSR count). The van der Waals surface area contributed by atoms with Crippen LogP contribution in [0.4, 0.5) is 0 Å². The van der Waals surface area contributed by atoms with Gasteiger partial charge < -0.3 is 20.4 Å². The minimum Gasteiger partial charge on any atom is -0.394 e. The van der Waals surface area contributed by atoms with E-state index in [1.54, 1.807) is 0 Å². The van der Waals surface area contributed by atoms with Crippen molar-refractivity contribution < 1.29 is 20.4 Å². The predicted octanol–water partition coefficient (Wildman–Crippen LogP) is -3.02. The third-order valence-electron chi connectivity index (χ3n) is 2.35. The molecule has 1 aromatic rings. The molecule has 0 bridgehead atoms. The number of hydrogen-bond acceptors (Lipinski definition) is 7. The quantitative estimate of drug-likeness (QED) is 0.382. The van der Waals surface area contributed by atoms with Gasteiger partial charge in [0, 0.05) is 0 Å². The van der Waals surface area contributed by atoms with Crippen molar-refractivity contribution in [2.45, 2.75) is 24.4 Å². The lowest BCUT2D eigenvalue weighted by Gasteiger charge is -2.33. The average molecular weight is 202 g/mol. The van der Waals surface area contributed by atoms with E-state index in [0.29, 0.717) is 0 Å². The predicted molar refractivity (Wildman–Crippen MR) is 40.9 cm³/mol. The Labute approximate surface area is 78.4 Å². The molecule has 0 radical (unpaired) electrons. The zero-order valence-electron chi connectivity index (χ0n) is 7.09. The summed E-state index contributed by atoms with van der Waals surface area (Å²) in [7, 11) is 0. The summed E-state index contributed by atoms with van der Waals surface area (Å²) < 4.78 is 1.11. The van der Waals surface area contributed by atoms with Gasteiger partial charge in [0.25, 0.3) is 0 Å². The van der Waals surface area contributed by atoms with Crippen molar-refractivity contribution in [3.8, 4) is 0 Å². The maximum absolute atomic E-state index is 9.49. The first-order valence-electron chi connectivity index (χ1n) is 4.09. The topological polar surface area (TPSA) is 125 Å². The fraction of sp³-hybridized carbons (Fsp3) is 0.833. The molecule has 8 heteroatoms. The molecular weight excluding hydrogens is 192 g/mol. The van der Waals surface area contributed by atoms with Gasteiger partial charge in [-0.25, -0.2) is 4.68 Å². The van der Waals surface area contributed by atoms with E-state index >= 15 is 0 Å². The van der Waals surface area contributed by atoms with E-state index in [1.807, 2.05) is 0 Å². The molecule has 0 aliphatic carbocycles. The van der Waals surface area contributed by atoms with Crippen LogP contribution in [-0.2, 0) is 0 Å². The number of tetrazole rings is 1. The fourth-order valence-corrected chi connectivity index (χ4v) is 1.53. The van der Waals surface area contributed by atoms with Crippen molar-refractivity contribution >= 4 is 0 Å². The van der Waals surface area contributed by atoms with Gasteiger partial charge in [-0.15, -0.1) is 5.10 Å². The summed E-state index contributed by atoms with van der Waals surface area (Å²) in [5.74, 6) is 0.0434. The standard InChI is InChI=1S/C6H10N4O4/c11-1-2-3(12)4(13)5(14)6-7-8-9-10(2)6/h2-5,11-14H,1H2/t2-,3-,4+,5-/m0/s1. The van der Waals surface area contributed by atoms with Crippen molar-refractivity contribution in [2.75, 3.05) is 6.61 Å². The number of aliphatic hydroxyl groups excluding tert-OH is 4. The average Bonchev–Trinajstić information content (AvgIpc) is 2.64. The Kier molecular flexibility index (Phi) is 2.19. The highest BCUT2D eigenvalue weighted by Gasteiger charge is 2.42. The largest absolute Gasteiger partial charge is 0.394 e. The molecule has 1 aliphatic rings. The van der Waals surface area contributed by atoms with Gasteiger partial charge in [0.2, 0.25) is 0 Å². The molecule has 2 heterocycles. The van der Waals surface area contributed by atoms with E-state index in [-0.39, 0.29) is 5.82 Å². The number of aliphatic hydroxyl groups is 4. The first-order chi connectivity index (χ1) is 6.66. The molecular formula is C6H10N4O4. The smallest absolute Gasteiger partial charge is 0.183 e. The maximum atomic E-state index is 9.49. The number of fused-ring (bicyclic) bond motifs is 1. The van der Waals surface area contributed by atoms with Crippen molar-refractivity contribution in [1.82, 2.24) is 20.2 Å². The van der Waals surface area contributed by atoms with Crippen LogP contribution < -0.4 is 0 Å². The molecule has 0 saturated carbocycles. The summed E-state index contributed by atoms with van der Waals surface area (Å²) in [6, 6.07) is -0.821. The van der Waals surface area contributed by atoms with Crippen LogP contribution in [0, 0.1) is 0 Å². The Morgan fingerprint density at radius 3 is 2.57 bits per heavy atom. The summed E-state index contributed by atoms with van der Waals surface area (Å²) in [6.45, 7) is -0.414. The highest BCUT2D eigenvalue weighted by atomic mass is 16.4. The fourth-order valence-electron chi connectivity index (χ4n) is 1.53. The molecule has 14 heavy (non-hydrogen) atoms. The van der Waals surface area contributed by atoms with Crippen LogP contribution in [0.25, 0.3) is 0 Å². The summed E-state index contributed by atoms with van der Waals surface area (Å²) in [4.78, 5) is 0. The lowest BCUT2D eigenvalue weighted by atomic mass is 9.97. The summed E-state index contributed by atoms with van der Waals surface area (Å²) >= 11 is 0. The monoisotopic (exact) mass is 202 g/mol. The second kappa shape index (κ2) is 3.24. The van der Waals surface area contributed by atoms with Crippen LogP contribution in [0.1, 0.15) is 18.0 Å². The Bertz CT molecular complexity index is 329. The highest BCUT2D eigenvalue weighted by Crippen LogP contribution is 2.29. The Morgan fingerprint density at radius 1 is 1.21 bits per heavy atom. The molecule has 0 unspecified atom stereocenters. The Balaban J connectivity index is 2.44. The maximum Gasteiger partial charge on any atom is 0.183 e. The van der Waals surface area contributed by atoms with Gasteiger partial charge in [0.1, 0.15) is 24.4 Å². The summed E-state index contributed by atoms with van der Waals surface area (Å²) in [6.07, 6.45) is -4.00. The Morgan fingerprint density at radius 2 is 1.93 bits per heavy atom. The van der Waals surface area contributed by atoms with Gasteiger partial charge in [-0.1, -0.05) is 0 Å².